The fourth-order valence-corrected chi connectivity index (χ4v) is 2.93. The number of carbonyl (C=O) groups is 1. The molecule has 0 radical (unpaired) electrons. The molecule has 0 bridgehead atoms. The Balaban J connectivity index is 1.63. The Labute approximate surface area is 126 Å². The average Bonchev–Trinajstić information content (AvgIpc) is 3.01. The maximum atomic E-state index is 11.9. The Morgan fingerprint density at radius 2 is 2.14 bits per heavy atom. The molecule has 1 aromatic heterocycles. The van der Waals surface area contributed by atoms with E-state index in [9.17, 15) is 4.79 Å². The summed E-state index contributed by atoms with van der Waals surface area (Å²) in [7, 11) is 2.19. The first-order chi connectivity index (χ1) is 10.2. The Hall–Kier alpha value is -1.33. The van der Waals surface area contributed by atoms with Crippen molar-refractivity contribution in [2.45, 2.75) is 51.1 Å². The highest BCUT2D eigenvalue weighted by Crippen LogP contribution is 2.21. The number of nitrogens with zero attached hydrogens (tertiary/aromatic N) is 1. The molecule has 118 valence electrons. The molecule has 1 saturated carbocycles. The third-order valence-corrected chi connectivity index (χ3v) is 4.26. The number of rotatable bonds is 7. The van der Waals surface area contributed by atoms with E-state index < -0.39 is 0 Å². The van der Waals surface area contributed by atoms with Crippen LogP contribution in [0.3, 0.4) is 0 Å². The Bertz CT molecular complexity index is 438. The van der Waals surface area contributed by atoms with Crippen LogP contribution >= 0.6 is 0 Å². The Morgan fingerprint density at radius 3 is 2.81 bits per heavy atom. The fraction of sp³-hybridized carbons (Fsp3) is 0.688. The van der Waals surface area contributed by atoms with E-state index >= 15 is 0 Å². The van der Waals surface area contributed by atoms with Crippen LogP contribution in [0.5, 0.6) is 0 Å². The van der Waals surface area contributed by atoms with Gasteiger partial charge < -0.3 is 20.4 Å². The van der Waals surface area contributed by atoms with Gasteiger partial charge in [0.05, 0.1) is 6.54 Å². The molecule has 0 saturated heterocycles. The van der Waals surface area contributed by atoms with Crippen molar-refractivity contribution >= 4 is 5.91 Å². The Morgan fingerprint density at radius 1 is 1.38 bits per heavy atom. The molecule has 5 heteroatoms. The van der Waals surface area contributed by atoms with E-state index in [2.05, 4.69) is 17.3 Å². The third kappa shape index (κ3) is 4.86. The first-order valence-corrected chi connectivity index (χ1v) is 7.98. The van der Waals surface area contributed by atoms with E-state index in [0.29, 0.717) is 24.6 Å². The standard InChI is InChI=1S/C16H27N3O2/c1-19(13-6-3-2-4-7-13)11-5-10-18-16(20)15-9-8-14(12-17)21-15/h8-9,13H,2-7,10-12,17H2,1H3,(H,18,20). The van der Waals surface area contributed by atoms with Gasteiger partial charge in [0.15, 0.2) is 5.76 Å². The third-order valence-electron chi connectivity index (χ3n) is 4.26. The molecule has 1 fully saturated rings. The SMILES string of the molecule is CN(CCCNC(=O)c1ccc(CN)o1)C1CCCCC1. The van der Waals surface area contributed by atoms with Crippen LogP contribution in [-0.2, 0) is 6.54 Å². The molecule has 21 heavy (non-hydrogen) atoms. The van der Waals surface area contributed by atoms with Crippen LogP contribution in [0.2, 0.25) is 0 Å². The first-order valence-electron chi connectivity index (χ1n) is 7.98. The van der Waals surface area contributed by atoms with Gasteiger partial charge in [-0.2, -0.15) is 0 Å². The summed E-state index contributed by atoms with van der Waals surface area (Å²) < 4.78 is 5.32. The van der Waals surface area contributed by atoms with Gasteiger partial charge >= 0.3 is 0 Å². The lowest BCUT2D eigenvalue weighted by atomic mass is 9.94. The molecule has 2 rings (SSSR count). The molecule has 0 atom stereocenters. The smallest absolute Gasteiger partial charge is 0.286 e. The minimum Gasteiger partial charge on any atom is -0.455 e. The summed E-state index contributed by atoms with van der Waals surface area (Å²) in [6.45, 7) is 2.02. The molecule has 1 amide bonds. The minimum absolute atomic E-state index is 0.157. The van der Waals surface area contributed by atoms with Crippen LogP contribution in [0.25, 0.3) is 0 Å². The summed E-state index contributed by atoms with van der Waals surface area (Å²) >= 11 is 0. The summed E-state index contributed by atoms with van der Waals surface area (Å²) in [5, 5.41) is 2.89. The highest BCUT2D eigenvalue weighted by atomic mass is 16.4. The number of nitrogens with two attached hydrogens (primary N) is 1. The van der Waals surface area contributed by atoms with Crippen molar-refractivity contribution in [1.82, 2.24) is 10.2 Å². The second kappa shape index (κ2) is 8.20. The van der Waals surface area contributed by atoms with Gasteiger partial charge in [0, 0.05) is 12.6 Å². The van der Waals surface area contributed by atoms with Gasteiger partial charge in [-0.05, 0) is 45.0 Å². The molecule has 1 aromatic rings. The van der Waals surface area contributed by atoms with E-state index in [4.69, 9.17) is 10.2 Å². The van der Waals surface area contributed by atoms with Gasteiger partial charge in [-0.1, -0.05) is 19.3 Å². The van der Waals surface area contributed by atoms with Gasteiger partial charge in [-0.25, -0.2) is 0 Å². The van der Waals surface area contributed by atoms with Crippen molar-refractivity contribution in [2.75, 3.05) is 20.1 Å². The average molecular weight is 293 g/mol. The zero-order chi connectivity index (χ0) is 15.1. The predicted octanol–water partition coefficient (Wildman–Crippen LogP) is 2.12. The summed E-state index contributed by atoms with van der Waals surface area (Å²) in [6.07, 6.45) is 7.69. The van der Waals surface area contributed by atoms with E-state index in [-0.39, 0.29) is 5.91 Å². The zero-order valence-electron chi connectivity index (χ0n) is 12.9. The van der Waals surface area contributed by atoms with Crippen molar-refractivity contribution in [3.8, 4) is 0 Å². The molecule has 1 heterocycles. The van der Waals surface area contributed by atoms with Crippen LogP contribution in [0, 0.1) is 0 Å². The summed E-state index contributed by atoms with van der Waals surface area (Å²) in [4.78, 5) is 14.3. The molecule has 0 aromatic carbocycles. The van der Waals surface area contributed by atoms with Gasteiger partial charge in [0.2, 0.25) is 0 Å². The quantitative estimate of drug-likeness (QED) is 0.755. The highest BCUT2D eigenvalue weighted by Gasteiger charge is 2.17. The molecule has 0 aliphatic heterocycles. The summed E-state index contributed by atoms with van der Waals surface area (Å²) in [5.74, 6) is 0.822. The van der Waals surface area contributed by atoms with Crippen LogP contribution in [-0.4, -0.2) is 37.0 Å². The lowest BCUT2D eigenvalue weighted by molar-refractivity contribution is 0.0921. The highest BCUT2D eigenvalue weighted by molar-refractivity contribution is 5.91. The van der Waals surface area contributed by atoms with E-state index in [1.807, 2.05) is 0 Å². The first kappa shape index (κ1) is 16.0. The number of carbonyl (C=O) groups excluding carboxylic acids is 1. The molecule has 0 spiro atoms. The number of amides is 1. The van der Waals surface area contributed by atoms with Crippen LogP contribution in [0.4, 0.5) is 0 Å². The monoisotopic (exact) mass is 293 g/mol. The van der Waals surface area contributed by atoms with Crippen molar-refractivity contribution < 1.29 is 9.21 Å². The molecule has 0 unspecified atom stereocenters. The second-order valence-electron chi connectivity index (χ2n) is 5.85. The van der Waals surface area contributed by atoms with Crippen molar-refractivity contribution in [3.05, 3.63) is 23.7 Å². The molecule has 1 aliphatic carbocycles. The summed E-state index contributed by atoms with van der Waals surface area (Å²) in [6, 6.07) is 4.14. The van der Waals surface area contributed by atoms with Crippen molar-refractivity contribution in [2.24, 2.45) is 5.73 Å². The molecule has 1 aliphatic rings. The summed E-state index contributed by atoms with van der Waals surface area (Å²) in [5.41, 5.74) is 5.46. The lowest BCUT2D eigenvalue weighted by Gasteiger charge is -2.31. The normalized spacial score (nSPS) is 16.3. The number of hydrogen-bond donors (Lipinski definition) is 2. The van der Waals surface area contributed by atoms with Gasteiger partial charge in [-0.3, -0.25) is 4.79 Å². The maximum absolute atomic E-state index is 11.9. The molecule has 5 nitrogen and oxygen atoms in total. The largest absolute Gasteiger partial charge is 0.455 e. The van der Waals surface area contributed by atoms with Gasteiger partial charge in [-0.15, -0.1) is 0 Å². The van der Waals surface area contributed by atoms with Crippen LogP contribution < -0.4 is 11.1 Å². The molecular weight excluding hydrogens is 266 g/mol. The fourth-order valence-electron chi connectivity index (χ4n) is 2.93. The lowest BCUT2D eigenvalue weighted by Crippen LogP contribution is -2.35. The van der Waals surface area contributed by atoms with Gasteiger partial charge in [0.1, 0.15) is 5.76 Å². The second-order valence-corrected chi connectivity index (χ2v) is 5.85. The number of nitrogens with one attached hydrogen (secondary N) is 1. The van der Waals surface area contributed by atoms with Crippen LogP contribution in [0.1, 0.15) is 54.8 Å². The van der Waals surface area contributed by atoms with Crippen LogP contribution in [0.15, 0.2) is 16.5 Å². The van der Waals surface area contributed by atoms with E-state index in [0.717, 1.165) is 19.0 Å². The molecule has 3 N–H and O–H groups in total. The topological polar surface area (TPSA) is 71.5 Å². The van der Waals surface area contributed by atoms with Crippen molar-refractivity contribution in [1.29, 1.82) is 0 Å². The van der Waals surface area contributed by atoms with Crippen molar-refractivity contribution in [3.63, 3.8) is 0 Å². The zero-order valence-corrected chi connectivity index (χ0v) is 12.9. The predicted molar refractivity (Wildman–Crippen MR) is 83.1 cm³/mol. The van der Waals surface area contributed by atoms with Gasteiger partial charge in [0.25, 0.3) is 5.91 Å². The van der Waals surface area contributed by atoms with E-state index in [1.165, 1.54) is 32.1 Å². The number of furan rings is 1. The number of hydrogen-bond acceptors (Lipinski definition) is 4. The Kier molecular flexibility index (Phi) is 6.26. The van der Waals surface area contributed by atoms with E-state index in [1.54, 1.807) is 12.1 Å². The maximum Gasteiger partial charge on any atom is 0.286 e. The minimum atomic E-state index is -0.157. The molecular formula is C16H27N3O2.